The molecular formula is C22H19FN6O. The number of nitrogens with zero attached hydrogens (tertiary/aromatic N) is 4. The summed E-state index contributed by atoms with van der Waals surface area (Å²) in [5.74, 6) is -0.507. The zero-order valence-electron chi connectivity index (χ0n) is 16.3. The van der Waals surface area contributed by atoms with E-state index in [1.54, 1.807) is 23.1 Å². The number of rotatable bonds is 5. The molecule has 1 amide bonds. The topological polar surface area (TPSA) is 80.0 Å². The summed E-state index contributed by atoms with van der Waals surface area (Å²) < 4.78 is 17.3. The van der Waals surface area contributed by atoms with Crippen LogP contribution in [0, 0.1) is 12.7 Å². The second-order valence-electron chi connectivity index (χ2n) is 7.27. The number of nitrogens with one attached hydrogen (secondary N) is 2. The number of carbonyl (C=O) groups excluding carboxylic acids is 1. The van der Waals surface area contributed by atoms with Gasteiger partial charge in [0, 0.05) is 35.2 Å². The fourth-order valence-electron chi connectivity index (χ4n) is 3.69. The Balaban J connectivity index is 1.29. The minimum absolute atomic E-state index is 0.146. The van der Waals surface area contributed by atoms with Crippen LogP contribution in [0.4, 0.5) is 10.1 Å². The van der Waals surface area contributed by atoms with Gasteiger partial charge < -0.3 is 14.7 Å². The second kappa shape index (κ2) is 7.14. The van der Waals surface area contributed by atoms with Crippen molar-refractivity contribution >= 4 is 28.1 Å². The summed E-state index contributed by atoms with van der Waals surface area (Å²) in [6.07, 6.45) is 7.42. The SMILES string of the molecule is Cc1[nH]c2ccc(F)cc2c1CC(=O)Nc1cnn(Cc2cn3ccccc3n2)c1. The van der Waals surface area contributed by atoms with E-state index in [1.807, 2.05) is 41.9 Å². The van der Waals surface area contributed by atoms with Gasteiger partial charge in [-0.2, -0.15) is 5.10 Å². The number of hydrogen-bond donors (Lipinski definition) is 2. The van der Waals surface area contributed by atoms with E-state index in [2.05, 4.69) is 20.4 Å². The third kappa shape index (κ3) is 3.43. The molecule has 0 saturated heterocycles. The number of aromatic amines is 1. The zero-order chi connectivity index (χ0) is 20.7. The Morgan fingerprint density at radius 2 is 2.13 bits per heavy atom. The van der Waals surface area contributed by atoms with Crippen LogP contribution in [-0.2, 0) is 17.8 Å². The highest BCUT2D eigenvalue weighted by molar-refractivity contribution is 5.96. The molecule has 0 saturated carbocycles. The van der Waals surface area contributed by atoms with E-state index in [-0.39, 0.29) is 18.1 Å². The van der Waals surface area contributed by atoms with Crippen LogP contribution in [0.25, 0.3) is 16.6 Å². The quantitative estimate of drug-likeness (QED) is 0.471. The first-order valence-corrected chi connectivity index (χ1v) is 9.57. The molecule has 2 N–H and O–H groups in total. The fourth-order valence-corrected chi connectivity index (χ4v) is 3.69. The monoisotopic (exact) mass is 402 g/mol. The molecule has 30 heavy (non-hydrogen) atoms. The maximum Gasteiger partial charge on any atom is 0.228 e. The summed E-state index contributed by atoms with van der Waals surface area (Å²) >= 11 is 0. The Bertz CT molecular complexity index is 1350. The van der Waals surface area contributed by atoms with Gasteiger partial charge in [-0.3, -0.25) is 9.48 Å². The highest BCUT2D eigenvalue weighted by atomic mass is 19.1. The smallest absolute Gasteiger partial charge is 0.228 e. The van der Waals surface area contributed by atoms with Gasteiger partial charge >= 0.3 is 0 Å². The highest BCUT2D eigenvalue weighted by Gasteiger charge is 2.14. The van der Waals surface area contributed by atoms with Crippen molar-refractivity contribution in [3.63, 3.8) is 0 Å². The van der Waals surface area contributed by atoms with Crippen molar-refractivity contribution in [3.05, 3.63) is 84.0 Å². The maximum absolute atomic E-state index is 13.6. The number of aromatic nitrogens is 5. The molecule has 0 aliphatic rings. The number of amides is 1. The van der Waals surface area contributed by atoms with Gasteiger partial charge in [0.15, 0.2) is 0 Å². The Morgan fingerprint density at radius 3 is 3.00 bits per heavy atom. The number of anilines is 1. The van der Waals surface area contributed by atoms with Gasteiger partial charge in [-0.05, 0) is 42.8 Å². The molecule has 0 unspecified atom stereocenters. The van der Waals surface area contributed by atoms with Crippen molar-refractivity contribution in [1.29, 1.82) is 0 Å². The number of carbonyl (C=O) groups is 1. The molecule has 0 bridgehead atoms. The fraction of sp³-hybridized carbons (Fsp3) is 0.136. The largest absolute Gasteiger partial charge is 0.358 e. The van der Waals surface area contributed by atoms with Crippen molar-refractivity contribution in [1.82, 2.24) is 24.1 Å². The second-order valence-corrected chi connectivity index (χ2v) is 7.27. The van der Waals surface area contributed by atoms with E-state index in [9.17, 15) is 9.18 Å². The summed E-state index contributed by atoms with van der Waals surface area (Å²) in [6.45, 7) is 2.38. The summed E-state index contributed by atoms with van der Waals surface area (Å²) in [4.78, 5) is 20.3. The average molecular weight is 402 g/mol. The Labute approximate surface area is 171 Å². The van der Waals surface area contributed by atoms with E-state index in [0.29, 0.717) is 12.2 Å². The maximum atomic E-state index is 13.6. The van der Waals surface area contributed by atoms with E-state index < -0.39 is 0 Å². The van der Waals surface area contributed by atoms with E-state index >= 15 is 0 Å². The molecule has 0 atom stereocenters. The molecule has 150 valence electrons. The molecule has 8 heteroatoms. The number of benzene rings is 1. The molecule has 7 nitrogen and oxygen atoms in total. The minimum atomic E-state index is -0.323. The number of hydrogen-bond acceptors (Lipinski definition) is 3. The van der Waals surface area contributed by atoms with Crippen LogP contribution >= 0.6 is 0 Å². The molecular weight excluding hydrogens is 383 g/mol. The predicted molar refractivity (Wildman–Crippen MR) is 112 cm³/mol. The molecule has 4 aromatic heterocycles. The zero-order valence-corrected chi connectivity index (χ0v) is 16.3. The molecule has 1 aromatic carbocycles. The summed E-state index contributed by atoms with van der Waals surface area (Å²) in [7, 11) is 0. The first-order valence-electron chi connectivity index (χ1n) is 9.57. The lowest BCUT2D eigenvalue weighted by atomic mass is 10.1. The molecule has 0 aliphatic carbocycles. The van der Waals surface area contributed by atoms with Crippen molar-refractivity contribution < 1.29 is 9.18 Å². The average Bonchev–Trinajstić information content (AvgIpc) is 3.40. The number of halogens is 1. The first-order chi connectivity index (χ1) is 14.5. The highest BCUT2D eigenvalue weighted by Crippen LogP contribution is 2.24. The van der Waals surface area contributed by atoms with Crippen molar-refractivity contribution in [2.45, 2.75) is 19.9 Å². The van der Waals surface area contributed by atoms with E-state index in [0.717, 1.165) is 33.5 Å². The summed E-state index contributed by atoms with van der Waals surface area (Å²) in [5.41, 5.74) is 4.81. The van der Waals surface area contributed by atoms with Gasteiger partial charge in [-0.25, -0.2) is 9.37 Å². The molecule has 0 radical (unpaired) electrons. The molecule has 0 spiro atoms. The number of H-pyrrole nitrogens is 1. The lowest BCUT2D eigenvalue weighted by Crippen LogP contribution is -2.14. The van der Waals surface area contributed by atoms with Gasteiger partial charge in [0.05, 0.1) is 30.5 Å². The van der Waals surface area contributed by atoms with Crippen molar-refractivity contribution in [2.24, 2.45) is 0 Å². The molecule has 5 rings (SSSR count). The predicted octanol–water partition coefficient (Wildman–Crippen LogP) is 3.69. The summed E-state index contributed by atoms with van der Waals surface area (Å²) in [6, 6.07) is 10.4. The molecule has 0 fully saturated rings. The van der Waals surface area contributed by atoms with Gasteiger partial charge in [-0.15, -0.1) is 0 Å². The van der Waals surface area contributed by atoms with Crippen LogP contribution in [-0.4, -0.2) is 30.1 Å². The normalized spacial score (nSPS) is 11.4. The van der Waals surface area contributed by atoms with Gasteiger partial charge in [0.1, 0.15) is 11.5 Å². The van der Waals surface area contributed by atoms with Crippen LogP contribution in [0.2, 0.25) is 0 Å². The third-order valence-electron chi connectivity index (χ3n) is 5.07. The number of aryl methyl sites for hydroxylation is 1. The standard InChI is InChI=1S/C22H19FN6O/c1-14-18(19-8-15(23)5-6-20(19)25-14)9-22(30)27-16-10-24-29(12-16)13-17-11-28-7-3-2-4-21(28)26-17/h2-8,10-12,25H,9,13H2,1H3,(H,27,30). The molecule has 5 aromatic rings. The minimum Gasteiger partial charge on any atom is -0.358 e. The van der Waals surface area contributed by atoms with Gasteiger partial charge in [0.2, 0.25) is 5.91 Å². The van der Waals surface area contributed by atoms with Crippen molar-refractivity contribution in [2.75, 3.05) is 5.32 Å². The van der Waals surface area contributed by atoms with Crippen LogP contribution in [0.15, 0.2) is 61.2 Å². The van der Waals surface area contributed by atoms with Crippen LogP contribution in [0.5, 0.6) is 0 Å². The van der Waals surface area contributed by atoms with Crippen LogP contribution in [0.1, 0.15) is 17.0 Å². The Morgan fingerprint density at radius 1 is 1.23 bits per heavy atom. The number of imidazole rings is 1. The summed E-state index contributed by atoms with van der Waals surface area (Å²) in [5, 5.41) is 7.90. The lowest BCUT2D eigenvalue weighted by molar-refractivity contribution is -0.115. The third-order valence-corrected chi connectivity index (χ3v) is 5.07. The molecule has 0 aliphatic heterocycles. The van der Waals surface area contributed by atoms with E-state index in [1.165, 1.54) is 12.1 Å². The Kier molecular flexibility index (Phi) is 4.31. The van der Waals surface area contributed by atoms with E-state index in [4.69, 9.17) is 0 Å². The van der Waals surface area contributed by atoms with Crippen molar-refractivity contribution in [3.8, 4) is 0 Å². The first kappa shape index (κ1) is 18.1. The van der Waals surface area contributed by atoms with Crippen LogP contribution < -0.4 is 5.32 Å². The Hall–Kier alpha value is -3.94. The van der Waals surface area contributed by atoms with Gasteiger partial charge in [-0.1, -0.05) is 6.07 Å². The lowest BCUT2D eigenvalue weighted by Gasteiger charge is -2.03. The number of fused-ring (bicyclic) bond motifs is 2. The van der Waals surface area contributed by atoms with Gasteiger partial charge in [0.25, 0.3) is 0 Å². The number of pyridine rings is 1. The molecule has 4 heterocycles. The van der Waals surface area contributed by atoms with Crippen LogP contribution in [0.3, 0.4) is 0 Å².